The van der Waals surface area contributed by atoms with Crippen LogP contribution < -0.4 is 5.32 Å². The number of aromatic nitrogens is 1. The highest BCUT2D eigenvalue weighted by atomic mass is 32.1. The van der Waals surface area contributed by atoms with Crippen LogP contribution in [0.15, 0.2) is 48.8 Å². The maximum Gasteiger partial charge on any atom is 0.262 e. The van der Waals surface area contributed by atoms with Gasteiger partial charge in [0.25, 0.3) is 5.91 Å². The van der Waals surface area contributed by atoms with Gasteiger partial charge in [0.05, 0.1) is 4.88 Å². The molecule has 3 aromatic rings. The van der Waals surface area contributed by atoms with Crippen molar-refractivity contribution >= 4 is 39.1 Å². The Morgan fingerprint density at radius 1 is 1.05 bits per heavy atom. The molecule has 0 radical (unpaired) electrons. The molecule has 2 aromatic heterocycles. The molecule has 3 amide bonds. The Kier molecular flexibility index (Phi) is 5.72. The summed E-state index contributed by atoms with van der Waals surface area (Å²) in [6, 6.07) is 9.96. The molecule has 5 heterocycles. The molecular weight excluding hydrogens is 503 g/mol. The number of hydrogen-bond donors (Lipinski definition) is 1. The predicted octanol–water partition coefficient (Wildman–Crippen LogP) is 3.95. The van der Waals surface area contributed by atoms with E-state index in [-0.39, 0.29) is 35.5 Å². The van der Waals surface area contributed by atoms with Crippen LogP contribution in [0.5, 0.6) is 0 Å². The molecule has 0 spiro atoms. The number of thiophene rings is 1. The van der Waals surface area contributed by atoms with E-state index in [1.807, 2.05) is 30.3 Å². The summed E-state index contributed by atoms with van der Waals surface area (Å²) >= 11 is 1.43. The van der Waals surface area contributed by atoms with E-state index in [9.17, 15) is 18.8 Å². The van der Waals surface area contributed by atoms with Crippen molar-refractivity contribution in [3.63, 3.8) is 0 Å². The van der Waals surface area contributed by atoms with E-state index < -0.39 is 12.1 Å². The summed E-state index contributed by atoms with van der Waals surface area (Å²) in [6.07, 6.45) is 7.02. The number of benzene rings is 1. The van der Waals surface area contributed by atoms with E-state index in [1.165, 1.54) is 29.8 Å². The SMILES string of the molecule is O=C(N[C@H]1C[C@H]2C[C@H]2C[C@H]2CC[C@@H](C(=O)N3CC(c4cnccc4F)C3)N2C1=O)c1cc2ccccc2s1. The van der Waals surface area contributed by atoms with Crippen LogP contribution in [0.3, 0.4) is 0 Å². The number of hydrogen-bond acceptors (Lipinski definition) is 5. The zero-order valence-electron chi connectivity index (χ0n) is 20.9. The molecule has 0 unspecified atom stereocenters. The van der Waals surface area contributed by atoms with Crippen LogP contribution in [0.2, 0.25) is 0 Å². The molecule has 7 nitrogen and oxygen atoms in total. The van der Waals surface area contributed by atoms with E-state index in [1.54, 1.807) is 9.80 Å². The monoisotopic (exact) mass is 532 g/mol. The third kappa shape index (κ3) is 4.08. The number of carbonyl (C=O) groups excluding carboxylic acids is 3. The van der Waals surface area contributed by atoms with Crippen molar-refractivity contribution in [2.75, 3.05) is 13.1 Å². The molecule has 3 aliphatic heterocycles. The number of likely N-dealkylation sites (tertiary alicyclic amines) is 1. The molecule has 1 saturated carbocycles. The second kappa shape index (κ2) is 9.15. The third-order valence-electron chi connectivity index (χ3n) is 8.91. The average Bonchev–Trinajstić information content (AvgIpc) is 3.25. The minimum atomic E-state index is -0.632. The van der Waals surface area contributed by atoms with Crippen LogP contribution >= 0.6 is 11.3 Å². The first-order chi connectivity index (χ1) is 18.5. The molecular formula is C29H29FN4O3S. The fourth-order valence-electron chi connectivity index (χ4n) is 6.71. The third-order valence-corrected chi connectivity index (χ3v) is 10.0. The van der Waals surface area contributed by atoms with Crippen LogP contribution in [-0.2, 0) is 9.59 Å². The van der Waals surface area contributed by atoms with Crippen molar-refractivity contribution < 1.29 is 18.8 Å². The normalized spacial score (nSPS) is 28.8. The Balaban J connectivity index is 1.08. The van der Waals surface area contributed by atoms with E-state index in [0.717, 1.165) is 29.3 Å². The zero-order valence-corrected chi connectivity index (χ0v) is 21.7. The minimum absolute atomic E-state index is 0.0309. The van der Waals surface area contributed by atoms with Gasteiger partial charge in [-0.3, -0.25) is 19.4 Å². The largest absolute Gasteiger partial charge is 0.340 e. The highest BCUT2D eigenvalue weighted by Crippen LogP contribution is 2.49. The van der Waals surface area contributed by atoms with Gasteiger partial charge in [-0.1, -0.05) is 18.2 Å². The Morgan fingerprint density at radius 2 is 1.87 bits per heavy atom. The van der Waals surface area contributed by atoms with Crippen molar-refractivity contribution in [3.05, 3.63) is 65.0 Å². The lowest BCUT2D eigenvalue weighted by molar-refractivity contribution is -0.149. The van der Waals surface area contributed by atoms with Crippen LogP contribution in [-0.4, -0.2) is 63.7 Å². The fourth-order valence-corrected chi connectivity index (χ4v) is 7.68. The average molecular weight is 533 g/mol. The first-order valence-corrected chi connectivity index (χ1v) is 14.3. The van der Waals surface area contributed by atoms with E-state index in [4.69, 9.17) is 0 Å². The van der Waals surface area contributed by atoms with Crippen molar-refractivity contribution in [1.82, 2.24) is 20.1 Å². The molecule has 4 fully saturated rings. The van der Waals surface area contributed by atoms with Gasteiger partial charge in [0.2, 0.25) is 11.8 Å². The summed E-state index contributed by atoms with van der Waals surface area (Å²) in [4.78, 5) is 48.9. The molecule has 1 aliphatic carbocycles. The minimum Gasteiger partial charge on any atom is -0.340 e. The lowest BCUT2D eigenvalue weighted by Gasteiger charge is -2.43. The van der Waals surface area contributed by atoms with Gasteiger partial charge in [-0.2, -0.15) is 0 Å². The highest BCUT2D eigenvalue weighted by Gasteiger charge is 2.52. The number of pyridine rings is 1. The summed E-state index contributed by atoms with van der Waals surface area (Å²) < 4.78 is 15.2. The number of nitrogens with one attached hydrogen (secondary N) is 1. The van der Waals surface area contributed by atoms with Crippen molar-refractivity contribution in [2.45, 2.75) is 56.1 Å². The van der Waals surface area contributed by atoms with Crippen molar-refractivity contribution in [3.8, 4) is 0 Å². The fraction of sp³-hybridized carbons (Fsp3) is 0.448. The molecule has 1 N–H and O–H groups in total. The molecule has 3 saturated heterocycles. The van der Waals surface area contributed by atoms with Gasteiger partial charge >= 0.3 is 0 Å². The number of rotatable bonds is 4. The molecule has 1 aromatic carbocycles. The Morgan fingerprint density at radius 3 is 2.68 bits per heavy atom. The number of amides is 3. The van der Waals surface area contributed by atoms with Crippen molar-refractivity contribution in [1.29, 1.82) is 0 Å². The Labute approximate surface area is 224 Å². The summed E-state index contributed by atoms with van der Waals surface area (Å²) in [5.41, 5.74) is 0.534. The molecule has 9 heteroatoms. The van der Waals surface area contributed by atoms with Crippen LogP contribution in [0.25, 0.3) is 10.1 Å². The molecule has 0 bridgehead atoms. The van der Waals surface area contributed by atoms with Gasteiger partial charge in [0.15, 0.2) is 0 Å². The summed E-state index contributed by atoms with van der Waals surface area (Å²) in [6.45, 7) is 0.864. The van der Waals surface area contributed by atoms with Gasteiger partial charge in [-0.15, -0.1) is 11.3 Å². The molecule has 196 valence electrons. The van der Waals surface area contributed by atoms with E-state index in [0.29, 0.717) is 48.2 Å². The number of fused-ring (bicyclic) bond motifs is 3. The summed E-state index contributed by atoms with van der Waals surface area (Å²) in [5, 5.41) is 4.05. The summed E-state index contributed by atoms with van der Waals surface area (Å²) in [7, 11) is 0. The quantitative estimate of drug-likeness (QED) is 0.552. The van der Waals surface area contributed by atoms with E-state index in [2.05, 4.69) is 10.3 Å². The van der Waals surface area contributed by atoms with Crippen LogP contribution in [0.1, 0.15) is 53.3 Å². The van der Waals surface area contributed by atoms with Gasteiger partial charge < -0.3 is 15.1 Å². The smallest absolute Gasteiger partial charge is 0.262 e. The maximum atomic E-state index is 14.2. The maximum absolute atomic E-state index is 14.2. The van der Waals surface area contributed by atoms with Gasteiger partial charge in [0.1, 0.15) is 17.9 Å². The van der Waals surface area contributed by atoms with E-state index >= 15 is 0 Å². The topological polar surface area (TPSA) is 82.6 Å². The number of nitrogens with zero attached hydrogens (tertiary/aromatic N) is 3. The molecule has 4 aliphatic rings. The van der Waals surface area contributed by atoms with Crippen molar-refractivity contribution in [2.24, 2.45) is 11.8 Å². The second-order valence-electron chi connectivity index (χ2n) is 11.2. The lowest BCUT2D eigenvalue weighted by atomic mass is 9.91. The van der Waals surface area contributed by atoms with Crippen LogP contribution in [0.4, 0.5) is 4.39 Å². The lowest BCUT2D eigenvalue weighted by Crippen LogP contribution is -2.59. The molecule has 7 rings (SSSR count). The predicted molar refractivity (Wildman–Crippen MR) is 141 cm³/mol. The second-order valence-corrected chi connectivity index (χ2v) is 12.3. The van der Waals surface area contributed by atoms with Gasteiger partial charge in [-0.05, 0) is 67.5 Å². The van der Waals surface area contributed by atoms with Gasteiger partial charge in [-0.25, -0.2) is 4.39 Å². The summed E-state index contributed by atoms with van der Waals surface area (Å²) in [5.74, 6) is 0.195. The van der Waals surface area contributed by atoms with Crippen LogP contribution in [0, 0.1) is 17.7 Å². The first-order valence-electron chi connectivity index (χ1n) is 13.5. The number of halogens is 1. The Bertz CT molecular complexity index is 1400. The molecule has 38 heavy (non-hydrogen) atoms. The highest BCUT2D eigenvalue weighted by molar-refractivity contribution is 7.20. The number of carbonyl (C=O) groups is 3. The van der Waals surface area contributed by atoms with Gasteiger partial charge in [0, 0.05) is 47.7 Å². The standard InChI is InChI=1S/C29H29FN4O3S/c30-22-7-8-31-13-21(22)19-14-33(15-19)29(37)24-6-5-20-10-17-9-18(17)11-23(28(36)34(20)24)32-27(35)26-12-16-3-1-2-4-25(16)38-26/h1-4,7-8,12-13,17-20,23-24H,5-6,9-11,14-15H2,(H,32,35)/t17-,18+,20+,23-,24-/m0/s1. The molecule has 5 atom stereocenters. The first kappa shape index (κ1) is 23.8. The Hall–Kier alpha value is -3.33. The zero-order chi connectivity index (χ0) is 26.0.